The Kier molecular flexibility index (Phi) is 3.24. The summed E-state index contributed by atoms with van der Waals surface area (Å²) in [6.07, 6.45) is 5.87. The minimum absolute atomic E-state index is 0.266. The fourth-order valence-electron chi connectivity index (χ4n) is 3.93. The summed E-state index contributed by atoms with van der Waals surface area (Å²) in [5.41, 5.74) is 1.96. The van der Waals surface area contributed by atoms with Gasteiger partial charge in [-0.05, 0) is 29.5 Å². The maximum Gasteiger partial charge on any atom is 0.150 e. The van der Waals surface area contributed by atoms with Gasteiger partial charge in [-0.2, -0.15) is 0 Å². The minimum atomic E-state index is -0.266. The second-order valence-corrected chi connectivity index (χ2v) is 7.40. The van der Waals surface area contributed by atoms with E-state index in [4.69, 9.17) is 0 Å². The first kappa shape index (κ1) is 14.2. The monoisotopic (exact) mass is 341 g/mol. The van der Waals surface area contributed by atoms with E-state index in [0.29, 0.717) is 12.1 Å². The van der Waals surface area contributed by atoms with E-state index in [9.17, 15) is 4.39 Å². The number of nitrogens with zero attached hydrogens (tertiary/aromatic N) is 5. The predicted molar refractivity (Wildman–Crippen MR) is 91.6 cm³/mol. The van der Waals surface area contributed by atoms with Gasteiger partial charge in [0.15, 0.2) is 5.82 Å². The number of piperidine rings is 1. The lowest BCUT2D eigenvalue weighted by Crippen LogP contribution is -2.69. The topological polar surface area (TPSA) is 45.2 Å². The predicted octanol–water partition coefficient (Wildman–Crippen LogP) is 2.69. The molecule has 3 aliphatic heterocycles. The Hall–Kier alpha value is -2.12. The van der Waals surface area contributed by atoms with Crippen molar-refractivity contribution in [2.45, 2.75) is 25.0 Å². The summed E-state index contributed by atoms with van der Waals surface area (Å²) in [5.74, 6) is 0.806. The summed E-state index contributed by atoms with van der Waals surface area (Å²) in [5, 5.41) is 2.07. The Labute approximate surface area is 142 Å². The van der Waals surface area contributed by atoms with Gasteiger partial charge >= 0.3 is 0 Å². The van der Waals surface area contributed by atoms with E-state index in [1.54, 1.807) is 29.9 Å². The van der Waals surface area contributed by atoms with Crippen molar-refractivity contribution in [1.82, 2.24) is 19.9 Å². The van der Waals surface area contributed by atoms with Crippen LogP contribution >= 0.6 is 11.3 Å². The third kappa shape index (κ3) is 2.27. The van der Waals surface area contributed by atoms with Crippen LogP contribution in [-0.2, 0) is 6.54 Å². The summed E-state index contributed by atoms with van der Waals surface area (Å²) < 4.78 is 14.5. The molecule has 6 heterocycles. The molecule has 0 amide bonds. The second-order valence-electron chi connectivity index (χ2n) is 6.49. The number of rotatable bonds is 3. The van der Waals surface area contributed by atoms with Crippen LogP contribution in [0.3, 0.4) is 0 Å². The number of fused-ring (bicyclic) bond motifs is 3. The van der Waals surface area contributed by atoms with E-state index in [1.165, 1.54) is 17.3 Å². The molecule has 0 radical (unpaired) electrons. The third-order valence-corrected chi connectivity index (χ3v) is 5.81. The first-order valence-electron chi connectivity index (χ1n) is 8.06. The summed E-state index contributed by atoms with van der Waals surface area (Å²) in [6, 6.07) is 4.57. The van der Waals surface area contributed by atoms with Crippen LogP contribution < -0.4 is 4.90 Å². The molecule has 2 atom stereocenters. The van der Waals surface area contributed by atoms with Gasteiger partial charge in [0.25, 0.3) is 0 Å². The number of halogens is 1. The zero-order valence-electron chi connectivity index (χ0n) is 13.0. The van der Waals surface area contributed by atoms with E-state index in [0.717, 1.165) is 36.5 Å². The highest BCUT2D eigenvalue weighted by atomic mass is 32.1. The van der Waals surface area contributed by atoms with Crippen molar-refractivity contribution in [2.75, 3.05) is 18.0 Å². The van der Waals surface area contributed by atoms with Crippen LogP contribution in [0.4, 0.5) is 10.2 Å². The van der Waals surface area contributed by atoms with Crippen molar-refractivity contribution < 1.29 is 4.39 Å². The normalized spacial score (nSPS) is 23.5. The molecule has 0 aliphatic carbocycles. The quantitative estimate of drug-likeness (QED) is 0.733. The Balaban J connectivity index is 1.35. The van der Waals surface area contributed by atoms with Crippen LogP contribution in [0.25, 0.3) is 10.2 Å². The van der Waals surface area contributed by atoms with E-state index in [2.05, 4.69) is 30.1 Å². The Morgan fingerprint density at radius 1 is 1.21 bits per heavy atom. The standard InChI is InChI=1S/C17H16FN5S/c18-12-3-11(5-19-6-12)7-22-8-13-4-14(9-22)23(13)17-16-15(1-2-24-16)20-10-21-17/h1-3,5-6,10,13-14H,4,7-9H2. The number of hydrogen-bond acceptors (Lipinski definition) is 6. The molecule has 0 aromatic carbocycles. The molecule has 2 unspecified atom stereocenters. The molecule has 3 aromatic heterocycles. The molecule has 5 nitrogen and oxygen atoms in total. The van der Waals surface area contributed by atoms with Crippen molar-refractivity contribution in [3.05, 3.63) is 47.6 Å². The fourth-order valence-corrected chi connectivity index (χ4v) is 4.77. The van der Waals surface area contributed by atoms with E-state index in [1.807, 2.05) is 6.07 Å². The summed E-state index contributed by atoms with van der Waals surface area (Å²) in [4.78, 5) is 17.7. The summed E-state index contributed by atoms with van der Waals surface area (Å²) in [7, 11) is 0. The number of aromatic nitrogens is 3. The number of piperazine rings is 1. The average Bonchev–Trinajstić information content (AvgIpc) is 3.04. The molecule has 2 bridgehead atoms. The molecule has 6 rings (SSSR count). The molecular weight excluding hydrogens is 325 g/mol. The van der Waals surface area contributed by atoms with Crippen molar-refractivity contribution in [2.24, 2.45) is 0 Å². The Morgan fingerprint density at radius 3 is 2.92 bits per heavy atom. The van der Waals surface area contributed by atoms with Gasteiger partial charge in [0, 0.05) is 37.9 Å². The molecule has 0 N–H and O–H groups in total. The van der Waals surface area contributed by atoms with Crippen molar-refractivity contribution in [3.8, 4) is 0 Å². The maximum atomic E-state index is 13.3. The van der Waals surface area contributed by atoms with Crippen LogP contribution in [-0.4, -0.2) is 45.0 Å². The SMILES string of the molecule is Fc1cncc(CN2CC3CC(C2)N3c2ncnc3ccsc23)c1. The summed E-state index contributed by atoms with van der Waals surface area (Å²) in [6.45, 7) is 2.71. The van der Waals surface area contributed by atoms with E-state index in [-0.39, 0.29) is 5.82 Å². The summed E-state index contributed by atoms with van der Waals surface area (Å²) >= 11 is 1.70. The average molecular weight is 341 g/mol. The van der Waals surface area contributed by atoms with Crippen LogP contribution in [0.5, 0.6) is 0 Å². The molecule has 3 fully saturated rings. The van der Waals surface area contributed by atoms with Gasteiger partial charge in [0.05, 0.1) is 16.4 Å². The molecule has 3 saturated heterocycles. The van der Waals surface area contributed by atoms with Crippen LogP contribution in [0.1, 0.15) is 12.0 Å². The van der Waals surface area contributed by atoms with Crippen molar-refractivity contribution >= 4 is 27.4 Å². The molecule has 3 aromatic rings. The zero-order valence-corrected chi connectivity index (χ0v) is 13.8. The number of pyridine rings is 1. The minimum Gasteiger partial charge on any atom is -0.347 e. The maximum absolute atomic E-state index is 13.3. The van der Waals surface area contributed by atoms with Crippen LogP contribution in [0.2, 0.25) is 0 Å². The van der Waals surface area contributed by atoms with Crippen molar-refractivity contribution in [3.63, 3.8) is 0 Å². The van der Waals surface area contributed by atoms with Gasteiger partial charge in [0.1, 0.15) is 12.1 Å². The smallest absolute Gasteiger partial charge is 0.150 e. The van der Waals surface area contributed by atoms with Gasteiger partial charge in [-0.1, -0.05) is 0 Å². The number of anilines is 1. The lowest BCUT2D eigenvalue weighted by molar-refractivity contribution is 0.108. The zero-order chi connectivity index (χ0) is 16.1. The van der Waals surface area contributed by atoms with Gasteiger partial charge in [0.2, 0.25) is 0 Å². The van der Waals surface area contributed by atoms with Crippen molar-refractivity contribution in [1.29, 1.82) is 0 Å². The molecule has 7 heteroatoms. The molecule has 0 spiro atoms. The van der Waals surface area contributed by atoms with Crippen LogP contribution in [0, 0.1) is 5.82 Å². The molecular formula is C17H16FN5S. The largest absolute Gasteiger partial charge is 0.347 e. The second kappa shape index (κ2) is 5.46. The Bertz CT molecular complexity index is 885. The first-order chi connectivity index (χ1) is 11.8. The molecule has 3 aliphatic rings. The third-order valence-electron chi connectivity index (χ3n) is 4.91. The lowest BCUT2D eigenvalue weighted by atomic mass is 9.87. The lowest BCUT2D eigenvalue weighted by Gasteiger charge is -2.57. The fraction of sp³-hybridized carbons (Fsp3) is 0.353. The molecule has 122 valence electrons. The Morgan fingerprint density at radius 2 is 2.08 bits per heavy atom. The van der Waals surface area contributed by atoms with E-state index >= 15 is 0 Å². The molecule has 24 heavy (non-hydrogen) atoms. The van der Waals surface area contributed by atoms with Gasteiger partial charge in [-0.15, -0.1) is 11.3 Å². The highest BCUT2D eigenvalue weighted by molar-refractivity contribution is 7.17. The van der Waals surface area contributed by atoms with Gasteiger partial charge in [-0.3, -0.25) is 9.88 Å². The van der Waals surface area contributed by atoms with Gasteiger partial charge < -0.3 is 4.90 Å². The van der Waals surface area contributed by atoms with Crippen LogP contribution in [0.15, 0.2) is 36.2 Å². The number of thiophene rings is 1. The highest BCUT2D eigenvalue weighted by Crippen LogP contribution is 2.40. The van der Waals surface area contributed by atoms with Gasteiger partial charge in [-0.25, -0.2) is 14.4 Å². The highest BCUT2D eigenvalue weighted by Gasteiger charge is 2.45. The first-order valence-corrected chi connectivity index (χ1v) is 8.94. The van der Waals surface area contributed by atoms with E-state index < -0.39 is 0 Å². The molecule has 0 saturated carbocycles. The number of hydrogen-bond donors (Lipinski definition) is 0.